The van der Waals surface area contributed by atoms with Crippen molar-refractivity contribution in [2.75, 3.05) is 5.75 Å². The number of amides is 1. The van der Waals surface area contributed by atoms with Crippen LogP contribution >= 0.6 is 0 Å². The largest absolute Gasteiger partial charge is 0.392 e. The van der Waals surface area contributed by atoms with Crippen molar-refractivity contribution in [3.8, 4) is 0 Å². The van der Waals surface area contributed by atoms with Crippen LogP contribution < -0.4 is 5.73 Å². The normalized spacial score (nSPS) is 12.2. The van der Waals surface area contributed by atoms with E-state index in [-0.39, 0.29) is 0 Å². The number of hydrogen-bond acceptors (Lipinski definition) is 4. The van der Waals surface area contributed by atoms with Gasteiger partial charge in [0.2, 0.25) is 5.91 Å². The first kappa shape index (κ1) is 14.6. The molecule has 0 rings (SSSR count). The summed E-state index contributed by atoms with van der Waals surface area (Å²) >= 11 is 0. The molecule has 0 aliphatic rings. The summed E-state index contributed by atoms with van der Waals surface area (Å²) in [6.07, 6.45) is 0.0602. The topological polar surface area (TPSA) is 118 Å². The molecule has 0 aliphatic heterocycles. The van der Waals surface area contributed by atoms with Crippen molar-refractivity contribution in [3.05, 3.63) is 12.7 Å². The predicted octanol–water partition coefficient (Wildman–Crippen LogP) is -1.09. The number of hydrogen-bond donors (Lipinski definition) is 3. The lowest BCUT2D eigenvalue weighted by molar-refractivity contribution is -0.113. The standard InChI is InChI=1S/C3H5NO.C3H8O4S/c1-2-3(4)5;1-3(4)2-8(5,6)7/h2H,1H2,(H2,4,5);3-4H,2H2,1H3,(H,5,6,7). The summed E-state index contributed by atoms with van der Waals surface area (Å²) in [6.45, 7) is 4.37. The first-order valence-electron chi connectivity index (χ1n) is 3.24. The molecule has 1 atom stereocenters. The Kier molecular flexibility index (Phi) is 7.39. The van der Waals surface area contributed by atoms with Gasteiger partial charge in [0.25, 0.3) is 10.1 Å². The summed E-state index contributed by atoms with van der Waals surface area (Å²) in [6, 6.07) is 0. The summed E-state index contributed by atoms with van der Waals surface area (Å²) in [5.41, 5.74) is 4.53. The lowest BCUT2D eigenvalue weighted by Crippen LogP contribution is -2.16. The van der Waals surface area contributed by atoms with Crippen LogP contribution in [0.1, 0.15) is 6.92 Å². The third-order valence-corrected chi connectivity index (χ3v) is 1.56. The van der Waals surface area contributed by atoms with E-state index >= 15 is 0 Å². The van der Waals surface area contributed by atoms with Crippen molar-refractivity contribution in [2.24, 2.45) is 5.73 Å². The molecule has 0 aromatic carbocycles. The van der Waals surface area contributed by atoms with E-state index < -0.39 is 27.9 Å². The second kappa shape index (κ2) is 6.58. The second-order valence-corrected chi connectivity index (χ2v) is 3.70. The molecular weight excluding hydrogens is 198 g/mol. The van der Waals surface area contributed by atoms with Crippen LogP contribution in [0.15, 0.2) is 12.7 Å². The molecule has 0 aromatic rings. The molecule has 0 spiro atoms. The highest BCUT2D eigenvalue weighted by atomic mass is 32.2. The minimum Gasteiger partial charge on any atom is -0.392 e. The summed E-state index contributed by atoms with van der Waals surface area (Å²) in [5.74, 6) is -1.07. The predicted molar refractivity (Wildman–Crippen MR) is 47.5 cm³/mol. The van der Waals surface area contributed by atoms with Gasteiger partial charge in [-0.3, -0.25) is 9.35 Å². The lowest BCUT2D eigenvalue weighted by atomic mass is 10.5. The first-order valence-corrected chi connectivity index (χ1v) is 4.85. The van der Waals surface area contributed by atoms with E-state index in [2.05, 4.69) is 12.3 Å². The Balaban J connectivity index is 0. The third kappa shape index (κ3) is 24.7. The quantitative estimate of drug-likeness (QED) is 0.405. The number of rotatable bonds is 3. The van der Waals surface area contributed by atoms with E-state index in [0.29, 0.717) is 0 Å². The van der Waals surface area contributed by atoms with Crippen LogP contribution in [-0.2, 0) is 14.9 Å². The molecule has 0 saturated carbocycles. The lowest BCUT2D eigenvalue weighted by Gasteiger charge is -1.97. The van der Waals surface area contributed by atoms with Crippen molar-refractivity contribution in [3.63, 3.8) is 0 Å². The zero-order chi connectivity index (χ0) is 11.1. The molecule has 13 heavy (non-hydrogen) atoms. The van der Waals surface area contributed by atoms with Crippen LogP contribution in [0.25, 0.3) is 0 Å². The molecule has 0 aliphatic carbocycles. The molecule has 1 unspecified atom stereocenters. The fourth-order valence-electron chi connectivity index (χ4n) is 0.305. The van der Waals surface area contributed by atoms with Gasteiger partial charge < -0.3 is 10.8 Å². The molecular formula is C6H13NO5S. The molecule has 6 nitrogen and oxygen atoms in total. The van der Waals surface area contributed by atoms with Gasteiger partial charge in [-0.05, 0) is 13.0 Å². The van der Waals surface area contributed by atoms with Gasteiger partial charge in [-0.15, -0.1) is 0 Å². The number of primary amides is 1. The van der Waals surface area contributed by atoms with Crippen LogP contribution in [0, 0.1) is 0 Å². The van der Waals surface area contributed by atoms with E-state index in [1.807, 2.05) is 0 Å². The number of nitrogens with two attached hydrogens (primary N) is 1. The van der Waals surface area contributed by atoms with Crippen molar-refractivity contribution in [1.82, 2.24) is 0 Å². The van der Waals surface area contributed by atoms with E-state index in [4.69, 9.17) is 9.66 Å². The van der Waals surface area contributed by atoms with Gasteiger partial charge in [0.05, 0.1) is 6.10 Å². The van der Waals surface area contributed by atoms with Gasteiger partial charge in [-0.25, -0.2) is 0 Å². The monoisotopic (exact) mass is 211 g/mol. The van der Waals surface area contributed by atoms with E-state index in [9.17, 15) is 13.2 Å². The van der Waals surface area contributed by atoms with Gasteiger partial charge in [0.1, 0.15) is 5.75 Å². The fraction of sp³-hybridized carbons (Fsp3) is 0.500. The summed E-state index contributed by atoms with van der Waals surface area (Å²) in [4.78, 5) is 9.47. The summed E-state index contributed by atoms with van der Waals surface area (Å²) in [5, 5.41) is 8.35. The highest BCUT2D eigenvalue weighted by Crippen LogP contribution is 1.86. The number of carbonyl (C=O) groups excluding carboxylic acids is 1. The first-order chi connectivity index (χ1) is 5.69. The van der Waals surface area contributed by atoms with Gasteiger partial charge in [0.15, 0.2) is 0 Å². The Morgan fingerprint density at radius 2 is 2.00 bits per heavy atom. The molecule has 0 heterocycles. The molecule has 0 bridgehead atoms. The van der Waals surface area contributed by atoms with Crippen LogP contribution in [-0.4, -0.2) is 35.8 Å². The highest BCUT2D eigenvalue weighted by molar-refractivity contribution is 7.85. The molecule has 7 heteroatoms. The molecule has 0 aromatic heterocycles. The Morgan fingerprint density at radius 3 is 2.00 bits per heavy atom. The van der Waals surface area contributed by atoms with Crippen LogP contribution in [0.4, 0.5) is 0 Å². The second-order valence-electron chi connectivity index (χ2n) is 2.20. The highest BCUT2D eigenvalue weighted by Gasteiger charge is 2.07. The Hall–Kier alpha value is -0.920. The van der Waals surface area contributed by atoms with Crippen molar-refractivity contribution in [2.45, 2.75) is 13.0 Å². The Labute approximate surface area is 76.8 Å². The smallest absolute Gasteiger partial charge is 0.267 e. The maximum absolute atomic E-state index is 9.84. The summed E-state index contributed by atoms with van der Waals surface area (Å²) < 4.78 is 27.7. The Bertz CT molecular complexity index is 256. The SMILES string of the molecule is C=CC(N)=O.CC(O)CS(=O)(=O)O. The molecule has 0 saturated heterocycles. The van der Waals surface area contributed by atoms with Gasteiger partial charge in [0, 0.05) is 0 Å². The van der Waals surface area contributed by atoms with E-state index in [0.717, 1.165) is 6.08 Å². The molecule has 0 fully saturated rings. The van der Waals surface area contributed by atoms with E-state index in [1.165, 1.54) is 6.92 Å². The third-order valence-electron chi connectivity index (χ3n) is 0.653. The van der Waals surface area contributed by atoms with Gasteiger partial charge in [-0.2, -0.15) is 8.42 Å². The van der Waals surface area contributed by atoms with Gasteiger partial charge in [-0.1, -0.05) is 6.58 Å². The maximum atomic E-state index is 9.84. The maximum Gasteiger partial charge on any atom is 0.267 e. The molecule has 1 amide bonds. The van der Waals surface area contributed by atoms with Crippen molar-refractivity contribution >= 4 is 16.0 Å². The minimum atomic E-state index is -3.97. The average Bonchev–Trinajstić information content (AvgIpc) is 1.83. The fourth-order valence-corrected chi connectivity index (χ4v) is 0.914. The van der Waals surface area contributed by atoms with Crippen molar-refractivity contribution < 1.29 is 22.9 Å². The van der Waals surface area contributed by atoms with Crippen LogP contribution in [0.2, 0.25) is 0 Å². The molecule has 78 valence electrons. The Morgan fingerprint density at radius 1 is 1.69 bits per heavy atom. The summed E-state index contributed by atoms with van der Waals surface area (Å²) in [7, 11) is -3.97. The van der Waals surface area contributed by atoms with E-state index in [1.54, 1.807) is 0 Å². The number of aliphatic hydroxyl groups excluding tert-OH is 1. The average molecular weight is 211 g/mol. The van der Waals surface area contributed by atoms with Crippen LogP contribution in [0.5, 0.6) is 0 Å². The number of carbonyl (C=O) groups is 1. The molecule has 0 radical (unpaired) electrons. The zero-order valence-electron chi connectivity index (χ0n) is 7.17. The number of aliphatic hydroxyl groups is 1. The van der Waals surface area contributed by atoms with Crippen molar-refractivity contribution in [1.29, 1.82) is 0 Å². The van der Waals surface area contributed by atoms with Gasteiger partial charge >= 0.3 is 0 Å². The molecule has 4 N–H and O–H groups in total. The van der Waals surface area contributed by atoms with Crippen LogP contribution in [0.3, 0.4) is 0 Å². The minimum absolute atomic E-state index is 0.481. The zero-order valence-corrected chi connectivity index (χ0v) is 7.99.